The molecule has 0 amide bonds. The minimum Gasteiger partial charge on any atom is -0.454 e. The lowest BCUT2D eigenvalue weighted by Crippen LogP contribution is -1.99. The fourth-order valence-corrected chi connectivity index (χ4v) is 2.22. The third-order valence-corrected chi connectivity index (χ3v) is 3.39. The summed E-state index contributed by atoms with van der Waals surface area (Å²) in [6.07, 6.45) is 0. The van der Waals surface area contributed by atoms with E-state index in [0.29, 0.717) is 0 Å². The van der Waals surface area contributed by atoms with Crippen LogP contribution in [0.3, 0.4) is 0 Å². The maximum Gasteiger partial charge on any atom is 0.231 e. The number of benzene rings is 2. The molecule has 2 aromatic carbocycles. The third kappa shape index (κ3) is 3.04. The smallest absolute Gasteiger partial charge is 0.231 e. The zero-order valence-corrected chi connectivity index (χ0v) is 12.3. The van der Waals surface area contributed by atoms with Gasteiger partial charge in [-0.2, -0.15) is 0 Å². The van der Waals surface area contributed by atoms with Crippen LogP contribution in [0.5, 0.6) is 11.5 Å². The zero-order valence-electron chi connectivity index (χ0n) is 12.3. The van der Waals surface area contributed by atoms with Crippen LogP contribution in [-0.2, 0) is 4.84 Å². The van der Waals surface area contributed by atoms with Crippen LogP contribution in [0.25, 0.3) is 11.1 Å². The highest BCUT2D eigenvalue weighted by atomic mass is 16.7. The maximum atomic E-state index is 8.67. The predicted octanol–water partition coefficient (Wildman–Crippen LogP) is 2.82. The number of ether oxygens (including phenoxy) is 2. The van der Waals surface area contributed by atoms with E-state index in [4.69, 9.17) is 19.4 Å². The number of nitrogens with zero attached hydrogens (tertiary/aromatic N) is 1. The first-order valence-corrected chi connectivity index (χ1v) is 7.06. The Morgan fingerprint density at radius 2 is 1.82 bits per heavy atom. The molecule has 0 atom stereocenters. The molecular weight excluding hydrogens is 282 g/mol. The number of aliphatic hydroxyl groups is 1. The lowest BCUT2D eigenvalue weighted by molar-refractivity contribution is 0.0986. The number of hydrogen-bond donors (Lipinski definition) is 1. The van der Waals surface area contributed by atoms with Crippen molar-refractivity contribution >= 4 is 5.71 Å². The van der Waals surface area contributed by atoms with Crippen molar-refractivity contribution in [1.82, 2.24) is 0 Å². The highest BCUT2D eigenvalue weighted by molar-refractivity contribution is 5.98. The molecule has 0 bridgehead atoms. The lowest BCUT2D eigenvalue weighted by atomic mass is 10.0. The summed E-state index contributed by atoms with van der Waals surface area (Å²) in [6, 6.07) is 13.9. The quantitative estimate of drug-likeness (QED) is 0.524. The molecular formula is C17H17NO4. The van der Waals surface area contributed by atoms with Gasteiger partial charge in [0.2, 0.25) is 6.79 Å². The first kappa shape index (κ1) is 14.4. The van der Waals surface area contributed by atoms with Gasteiger partial charge < -0.3 is 19.4 Å². The third-order valence-electron chi connectivity index (χ3n) is 3.39. The van der Waals surface area contributed by atoms with Crippen LogP contribution < -0.4 is 9.47 Å². The van der Waals surface area contributed by atoms with E-state index < -0.39 is 0 Å². The van der Waals surface area contributed by atoms with E-state index in [1.165, 1.54) is 0 Å². The molecule has 114 valence electrons. The molecule has 1 aliphatic heterocycles. The maximum absolute atomic E-state index is 8.67. The van der Waals surface area contributed by atoms with Gasteiger partial charge in [-0.25, -0.2) is 0 Å². The van der Waals surface area contributed by atoms with Crippen LogP contribution in [0.1, 0.15) is 12.5 Å². The highest BCUT2D eigenvalue weighted by Gasteiger charge is 2.13. The molecule has 0 radical (unpaired) electrons. The molecule has 5 nitrogen and oxygen atoms in total. The van der Waals surface area contributed by atoms with Gasteiger partial charge in [0.05, 0.1) is 12.3 Å². The van der Waals surface area contributed by atoms with Crippen molar-refractivity contribution < 1.29 is 19.4 Å². The Balaban J connectivity index is 1.78. The van der Waals surface area contributed by atoms with Crippen molar-refractivity contribution in [3.63, 3.8) is 0 Å². The van der Waals surface area contributed by atoms with Crippen molar-refractivity contribution in [1.29, 1.82) is 0 Å². The summed E-state index contributed by atoms with van der Waals surface area (Å²) in [5.74, 6) is 1.56. The first-order valence-electron chi connectivity index (χ1n) is 7.06. The molecule has 0 spiro atoms. The predicted molar refractivity (Wildman–Crippen MR) is 83.2 cm³/mol. The van der Waals surface area contributed by atoms with Gasteiger partial charge in [-0.15, -0.1) is 0 Å². The van der Waals surface area contributed by atoms with Crippen LogP contribution in [0, 0.1) is 0 Å². The zero-order chi connectivity index (χ0) is 15.4. The van der Waals surface area contributed by atoms with Gasteiger partial charge in [-0.05, 0) is 35.7 Å². The van der Waals surface area contributed by atoms with Gasteiger partial charge in [0.25, 0.3) is 0 Å². The number of oxime groups is 1. The average Bonchev–Trinajstić information content (AvgIpc) is 3.02. The highest BCUT2D eigenvalue weighted by Crippen LogP contribution is 2.35. The van der Waals surface area contributed by atoms with Crippen molar-refractivity contribution in [2.24, 2.45) is 5.16 Å². The summed E-state index contributed by atoms with van der Waals surface area (Å²) in [6.45, 7) is 2.31. The van der Waals surface area contributed by atoms with Crippen LogP contribution >= 0.6 is 0 Å². The number of hydrogen-bond acceptors (Lipinski definition) is 5. The van der Waals surface area contributed by atoms with Crippen LogP contribution in [0.4, 0.5) is 0 Å². The Hall–Kier alpha value is -2.53. The van der Waals surface area contributed by atoms with Crippen LogP contribution in [0.15, 0.2) is 47.6 Å². The lowest BCUT2D eigenvalue weighted by Gasteiger charge is -2.06. The Labute approximate surface area is 128 Å². The molecule has 3 rings (SSSR count). The largest absolute Gasteiger partial charge is 0.454 e. The molecule has 1 N–H and O–H groups in total. The summed E-state index contributed by atoms with van der Waals surface area (Å²) >= 11 is 0. The van der Waals surface area contributed by atoms with Gasteiger partial charge >= 0.3 is 0 Å². The average molecular weight is 299 g/mol. The molecule has 5 heteroatoms. The Morgan fingerprint density at radius 1 is 1.09 bits per heavy atom. The standard InChI is InChI=1S/C17H17NO4/c1-12(18-22-9-8-19)13-2-4-14(5-3-13)15-6-7-16-17(10-15)21-11-20-16/h2-7,10,19H,8-9,11H2,1H3. The van der Waals surface area contributed by atoms with Gasteiger partial charge in [0.1, 0.15) is 6.61 Å². The van der Waals surface area contributed by atoms with E-state index in [9.17, 15) is 0 Å². The topological polar surface area (TPSA) is 60.3 Å². The molecule has 1 heterocycles. The number of aliphatic hydroxyl groups excluding tert-OH is 1. The summed E-state index contributed by atoms with van der Waals surface area (Å²) < 4.78 is 10.7. The van der Waals surface area contributed by atoms with Crippen LogP contribution in [-0.4, -0.2) is 30.8 Å². The number of rotatable bonds is 5. The normalized spacial score (nSPS) is 13.3. The first-order chi connectivity index (χ1) is 10.8. The van der Waals surface area contributed by atoms with Crippen LogP contribution in [0.2, 0.25) is 0 Å². The summed E-state index contributed by atoms with van der Waals surface area (Å²) in [7, 11) is 0. The fourth-order valence-electron chi connectivity index (χ4n) is 2.22. The van der Waals surface area contributed by atoms with Crippen molar-refractivity contribution in [2.75, 3.05) is 20.0 Å². The fraction of sp³-hybridized carbons (Fsp3) is 0.235. The second-order valence-electron chi connectivity index (χ2n) is 4.88. The SMILES string of the molecule is CC(=NOCCO)c1ccc(-c2ccc3c(c2)OCO3)cc1. The van der Waals surface area contributed by atoms with Crippen molar-refractivity contribution in [3.05, 3.63) is 48.0 Å². The molecule has 0 unspecified atom stereocenters. The van der Waals surface area contributed by atoms with Gasteiger partial charge in [0.15, 0.2) is 11.5 Å². The van der Waals surface area contributed by atoms with E-state index in [0.717, 1.165) is 33.9 Å². The molecule has 0 saturated carbocycles. The minimum atomic E-state index is -0.0418. The van der Waals surface area contributed by atoms with Gasteiger partial charge in [-0.3, -0.25) is 0 Å². The summed E-state index contributed by atoms with van der Waals surface area (Å²) in [4.78, 5) is 4.97. The summed E-state index contributed by atoms with van der Waals surface area (Å²) in [5, 5.41) is 12.6. The van der Waals surface area contributed by atoms with Crippen molar-refractivity contribution in [2.45, 2.75) is 6.92 Å². The second-order valence-corrected chi connectivity index (χ2v) is 4.88. The van der Waals surface area contributed by atoms with Gasteiger partial charge in [-0.1, -0.05) is 35.5 Å². The Morgan fingerprint density at radius 3 is 2.59 bits per heavy atom. The monoisotopic (exact) mass is 299 g/mol. The second kappa shape index (κ2) is 6.49. The van der Waals surface area contributed by atoms with E-state index in [1.807, 2.05) is 49.4 Å². The number of fused-ring (bicyclic) bond motifs is 1. The molecule has 2 aromatic rings. The van der Waals surface area contributed by atoms with E-state index in [-0.39, 0.29) is 20.0 Å². The van der Waals surface area contributed by atoms with Gasteiger partial charge in [0, 0.05) is 0 Å². The molecule has 22 heavy (non-hydrogen) atoms. The molecule has 0 saturated heterocycles. The van der Waals surface area contributed by atoms with E-state index >= 15 is 0 Å². The molecule has 0 aromatic heterocycles. The van der Waals surface area contributed by atoms with E-state index in [1.54, 1.807) is 0 Å². The summed E-state index contributed by atoms with van der Waals surface area (Å²) in [5.41, 5.74) is 3.90. The van der Waals surface area contributed by atoms with E-state index in [2.05, 4.69) is 5.16 Å². The minimum absolute atomic E-state index is 0.0418. The molecule has 1 aliphatic rings. The Kier molecular flexibility index (Phi) is 4.25. The molecule has 0 fully saturated rings. The Bertz CT molecular complexity index is 680. The molecule has 0 aliphatic carbocycles. The van der Waals surface area contributed by atoms with Crippen molar-refractivity contribution in [3.8, 4) is 22.6 Å².